The number of rotatable bonds is 6. The number of hydrazine groups is 1. The highest BCUT2D eigenvalue weighted by Crippen LogP contribution is 2.30. The Morgan fingerprint density at radius 2 is 2.04 bits per heavy atom. The number of amides is 2. The van der Waals surface area contributed by atoms with Gasteiger partial charge in [0.2, 0.25) is 5.88 Å². The number of aryl methyl sites for hydroxylation is 1. The van der Waals surface area contributed by atoms with Gasteiger partial charge in [-0.2, -0.15) is 0 Å². The van der Waals surface area contributed by atoms with E-state index in [4.69, 9.17) is 21.1 Å². The molecule has 0 aliphatic heterocycles. The Morgan fingerprint density at radius 1 is 1.26 bits per heavy atom. The van der Waals surface area contributed by atoms with Gasteiger partial charge in [-0.3, -0.25) is 0 Å². The van der Waals surface area contributed by atoms with Crippen LogP contribution in [0.15, 0.2) is 36.5 Å². The molecule has 7 heteroatoms. The van der Waals surface area contributed by atoms with Gasteiger partial charge in [0.1, 0.15) is 12.4 Å². The van der Waals surface area contributed by atoms with E-state index in [0.717, 1.165) is 10.6 Å². The van der Waals surface area contributed by atoms with E-state index < -0.39 is 6.03 Å². The van der Waals surface area contributed by atoms with Gasteiger partial charge in [-0.15, -0.1) is 0 Å². The number of primary amides is 1. The number of urea groups is 1. The van der Waals surface area contributed by atoms with E-state index in [-0.39, 0.29) is 6.61 Å². The molecule has 0 atom stereocenters. The van der Waals surface area contributed by atoms with Crippen LogP contribution in [0.2, 0.25) is 0 Å². The van der Waals surface area contributed by atoms with E-state index in [1.165, 1.54) is 0 Å². The maximum Gasteiger partial charge on any atom is 0.333 e. The first-order valence-corrected chi connectivity index (χ1v) is 7.18. The third-order valence-corrected chi connectivity index (χ3v) is 3.22. The fourth-order valence-corrected chi connectivity index (χ4v) is 2.10. The molecule has 2 amide bonds. The second-order valence-corrected chi connectivity index (χ2v) is 4.81. The maximum absolute atomic E-state index is 11.4. The number of hydrogen-bond acceptors (Lipinski definition) is 5. The minimum absolute atomic E-state index is 0.143. The normalized spacial score (nSPS) is 10.2. The van der Waals surface area contributed by atoms with Gasteiger partial charge >= 0.3 is 6.03 Å². The molecule has 2 aromatic rings. The molecule has 0 unspecified atom stereocenters. The number of nitrogens with two attached hydrogens (primary N) is 2. The second-order valence-electron chi connectivity index (χ2n) is 4.81. The molecule has 0 radical (unpaired) electrons. The summed E-state index contributed by atoms with van der Waals surface area (Å²) >= 11 is 0. The molecule has 122 valence electrons. The molecule has 0 saturated carbocycles. The van der Waals surface area contributed by atoms with E-state index in [0.29, 0.717) is 29.5 Å². The molecular weight excluding hydrogens is 296 g/mol. The Hall–Kier alpha value is -2.80. The quantitative estimate of drug-likeness (QED) is 0.482. The number of pyridine rings is 1. The Morgan fingerprint density at radius 3 is 2.70 bits per heavy atom. The zero-order chi connectivity index (χ0) is 16.8. The molecule has 0 fully saturated rings. The zero-order valence-electron chi connectivity index (χ0n) is 13.2. The highest BCUT2D eigenvalue weighted by atomic mass is 16.5. The van der Waals surface area contributed by atoms with Crippen LogP contribution in [0.25, 0.3) is 0 Å². The van der Waals surface area contributed by atoms with Crippen molar-refractivity contribution in [2.24, 2.45) is 11.6 Å². The Labute approximate surface area is 134 Å². The third kappa shape index (κ3) is 3.89. The summed E-state index contributed by atoms with van der Waals surface area (Å²) in [4.78, 5) is 15.6. The van der Waals surface area contributed by atoms with Crippen molar-refractivity contribution < 1.29 is 14.3 Å². The first-order valence-electron chi connectivity index (χ1n) is 7.18. The average Bonchev–Trinajstić information content (AvgIpc) is 2.54. The lowest BCUT2D eigenvalue weighted by Crippen LogP contribution is -2.42. The predicted molar refractivity (Wildman–Crippen MR) is 87.2 cm³/mol. The lowest BCUT2D eigenvalue weighted by Gasteiger charge is -2.20. The summed E-state index contributed by atoms with van der Waals surface area (Å²) in [7, 11) is 0. The van der Waals surface area contributed by atoms with Crippen molar-refractivity contribution >= 4 is 11.7 Å². The van der Waals surface area contributed by atoms with Crippen LogP contribution in [0.4, 0.5) is 10.5 Å². The number of nitrogens with zero attached hydrogens (tertiary/aromatic N) is 2. The van der Waals surface area contributed by atoms with Gasteiger partial charge in [0.25, 0.3) is 0 Å². The SMILES string of the molecule is CCOc1cccc(N(N)C(N)=O)c1COc1ncccc1C. The summed E-state index contributed by atoms with van der Waals surface area (Å²) in [6.07, 6.45) is 1.65. The van der Waals surface area contributed by atoms with Gasteiger partial charge < -0.3 is 15.2 Å². The molecule has 0 aliphatic carbocycles. The summed E-state index contributed by atoms with van der Waals surface area (Å²) < 4.78 is 11.3. The molecule has 1 aromatic heterocycles. The monoisotopic (exact) mass is 316 g/mol. The lowest BCUT2D eigenvalue weighted by atomic mass is 10.1. The van der Waals surface area contributed by atoms with E-state index >= 15 is 0 Å². The van der Waals surface area contributed by atoms with Crippen LogP contribution < -0.4 is 26.1 Å². The van der Waals surface area contributed by atoms with Crippen molar-refractivity contribution in [3.63, 3.8) is 0 Å². The molecule has 0 aliphatic rings. The number of hydrogen-bond donors (Lipinski definition) is 2. The van der Waals surface area contributed by atoms with Crippen LogP contribution in [0, 0.1) is 6.92 Å². The molecule has 23 heavy (non-hydrogen) atoms. The molecule has 0 saturated heterocycles. The van der Waals surface area contributed by atoms with Gasteiger partial charge in [0.05, 0.1) is 17.9 Å². The molecule has 1 aromatic carbocycles. The molecule has 2 rings (SSSR count). The van der Waals surface area contributed by atoms with Crippen molar-refractivity contribution in [2.75, 3.05) is 11.6 Å². The van der Waals surface area contributed by atoms with Crippen molar-refractivity contribution in [1.82, 2.24) is 4.98 Å². The maximum atomic E-state index is 11.4. The molecule has 4 N–H and O–H groups in total. The van der Waals surface area contributed by atoms with Crippen molar-refractivity contribution in [3.8, 4) is 11.6 Å². The molecule has 1 heterocycles. The number of carbonyl (C=O) groups excluding carboxylic acids is 1. The lowest BCUT2D eigenvalue weighted by molar-refractivity contribution is 0.253. The van der Waals surface area contributed by atoms with Crippen LogP contribution in [0.1, 0.15) is 18.1 Å². The Balaban J connectivity index is 2.34. The van der Waals surface area contributed by atoms with Gasteiger partial charge in [-0.25, -0.2) is 20.6 Å². The van der Waals surface area contributed by atoms with Gasteiger partial charge in [-0.05, 0) is 32.0 Å². The van der Waals surface area contributed by atoms with Crippen LogP contribution in [0.3, 0.4) is 0 Å². The zero-order valence-corrected chi connectivity index (χ0v) is 13.2. The van der Waals surface area contributed by atoms with E-state index in [9.17, 15) is 4.79 Å². The van der Waals surface area contributed by atoms with Crippen LogP contribution in [0.5, 0.6) is 11.6 Å². The number of anilines is 1. The summed E-state index contributed by atoms with van der Waals surface area (Å²) in [5.74, 6) is 6.82. The Kier molecular flexibility index (Phi) is 5.37. The highest BCUT2D eigenvalue weighted by Gasteiger charge is 2.17. The largest absolute Gasteiger partial charge is 0.493 e. The number of carbonyl (C=O) groups is 1. The van der Waals surface area contributed by atoms with E-state index in [1.807, 2.05) is 26.0 Å². The third-order valence-electron chi connectivity index (χ3n) is 3.22. The van der Waals surface area contributed by atoms with Crippen LogP contribution in [-0.2, 0) is 6.61 Å². The number of ether oxygens (including phenoxy) is 2. The first kappa shape index (κ1) is 16.6. The van der Waals surface area contributed by atoms with E-state index in [1.54, 1.807) is 24.4 Å². The predicted octanol–water partition coefficient (Wildman–Crippen LogP) is 2.13. The van der Waals surface area contributed by atoms with Crippen molar-refractivity contribution in [1.29, 1.82) is 0 Å². The van der Waals surface area contributed by atoms with Crippen molar-refractivity contribution in [3.05, 3.63) is 47.7 Å². The average molecular weight is 316 g/mol. The Bertz CT molecular complexity index is 691. The second kappa shape index (κ2) is 7.46. The smallest absolute Gasteiger partial charge is 0.333 e. The van der Waals surface area contributed by atoms with Crippen LogP contribution in [-0.4, -0.2) is 17.6 Å². The van der Waals surface area contributed by atoms with Gasteiger partial charge in [0, 0.05) is 11.8 Å². The number of aromatic nitrogens is 1. The highest BCUT2D eigenvalue weighted by molar-refractivity contribution is 5.90. The summed E-state index contributed by atoms with van der Waals surface area (Å²) in [6, 6.07) is 8.16. The summed E-state index contributed by atoms with van der Waals surface area (Å²) in [6.45, 7) is 4.38. The minimum atomic E-state index is -0.770. The van der Waals surface area contributed by atoms with Gasteiger partial charge in [-0.1, -0.05) is 12.1 Å². The molecule has 7 nitrogen and oxygen atoms in total. The van der Waals surface area contributed by atoms with E-state index in [2.05, 4.69) is 4.98 Å². The fourth-order valence-electron chi connectivity index (χ4n) is 2.10. The topological polar surface area (TPSA) is 104 Å². The fraction of sp³-hybridized carbons (Fsp3) is 0.250. The minimum Gasteiger partial charge on any atom is -0.493 e. The summed E-state index contributed by atoms with van der Waals surface area (Å²) in [5.41, 5.74) is 7.22. The van der Waals surface area contributed by atoms with Crippen molar-refractivity contribution in [2.45, 2.75) is 20.5 Å². The first-order chi connectivity index (χ1) is 11.0. The van der Waals surface area contributed by atoms with Gasteiger partial charge in [0.15, 0.2) is 0 Å². The standard InChI is InChI=1S/C16H20N4O3/c1-3-22-14-8-4-7-13(20(18)16(17)21)12(14)10-23-15-11(2)6-5-9-19-15/h4-9H,3,10,18H2,1-2H3,(H2,17,21). The number of benzene rings is 1. The van der Waals surface area contributed by atoms with Crippen LogP contribution >= 0.6 is 0 Å². The molecular formula is C16H20N4O3. The molecule has 0 bridgehead atoms. The molecule has 0 spiro atoms. The summed E-state index contributed by atoms with van der Waals surface area (Å²) in [5, 5.41) is 0.868.